The van der Waals surface area contributed by atoms with Crippen molar-refractivity contribution in [1.82, 2.24) is 10.2 Å². The van der Waals surface area contributed by atoms with Crippen molar-refractivity contribution in [2.75, 3.05) is 19.7 Å². The quantitative estimate of drug-likeness (QED) is 0.205. The second kappa shape index (κ2) is 15.1. The van der Waals surface area contributed by atoms with Crippen LogP contribution < -0.4 is 5.32 Å². The molecule has 1 saturated heterocycles. The van der Waals surface area contributed by atoms with Crippen molar-refractivity contribution in [1.29, 1.82) is 0 Å². The van der Waals surface area contributed by atoms with Gasteiger partial charge in [-0.2, -0.15) is 0 Å². The Morgan fingerprint density at radius 3 is 2.66 bits per heavy atom. The number of hydrogen-bond donors (Lipinski definition) is 1. The fraction of sp³-hybridized carbons (Fsp3) is 0.742. The summed E-state index contributed by atoms with van der Waals surface area (Å²) >= 11 is 0. The van der Waals surface area contributed by atoms with Gasteiger partial charge in [0.25, 0.3) is 0 Å². The zero-order valence-corrected chi connectivity index (χ0v) is 26.3. The van der Waals surface area contributed by atoms with Crippen LogP contribution in [0, 0.1) is 11.8 Å². The Morgan fingerprint density at radius 1 is 1.24 bits per heavy atom. The minimum absolute atomic E-state index is 0.0207. The molecule has 0 aromatic rings. The lowest BCUT2D eigenvalue weighted by Gasteiger charge is -2.38. The third kappa shape index (κ3) is 10.7. The van der Waals surface area contributed by atoms with Gasteiger partial charge in [0.15, 0.2) is 8.32 Å². The van der Waals surface area contributed by atoms with Crippen LogP contribution in [-0.4, -0.2) is 57.1 Å². The highest BCUT2D eigenvalue weighted by atomic mass is 28.4. The maximum atomic E-state index is 12.6. The first kappa shape index (κ1) is 32.3. The van der Waals surface area contributed by atoms with Crippen molar-refractivity contribution in [2.24, 2.45) is 11.8 Å². The van der Waals surface area contributed by atoms with E-state index in [1.54, 1.807) is 4.90 Å². The molecule has 0 bridgehead atoms. The van der Waals surface area contributed by atoms with E-state index in [4.69, 9.17) is 9.16 Å². The number of carbonyl (C=O) groups excluding carboxylic acids is 2. The molecule has 1 N–H and O–H groups in total. The molecular weight excluding hydrogens is 492 g/mol. The Morgan fingerprint density at radius 2 is 1.95 bits per heavy atom. The molecule has 2 heterocycles. The molecule has 0 spiro atoms. The minimum atomic E-state index is -1.85. The first-order valence-electron chi connectivity index (χ1n) is 14.7. The van der Waals surface area contributed by atoms with Crippen molar-refractivity contribution >= 4 is 20.3 Å². The number of likely N-dealkylation sites (tertiary alicyclic amines) is 1. The second-order valence-corrected chi connectivity index (χ2v) is 17.6. The number of nitrogens with one attached hydrogen (secondary N) is 1. The number of amides is 2. The normalized spacial score (nSPS) is 26.4. The molecule has 0 aromatic heterocycles. The van der Waals surface area contributed by atoms with Crippen LogP contribution in [0.25, 0.3) is 0 Å². The number of rotatable bonds is 7. The summed E-state index contributed by atoms with van der Waals surface area (Å²) in [4.78, 5) is 26.9. The summed E-state index contributed by atoms with van der Waals surface area (Å²) in [5.74, 6) is 0.450. The van der Waals surface area contributed by atoms with Gasteiger partial charge in [-0.25, -0.2) is 4.79 Å². The summed E-state index contributed by atoms with van der Waals surface area (Å²) in [6.45, 7) is 19.1. The number of ether oxygens (including phenoxy) is 1. The molecular formula is C31H54N2O4Si. The molecule has 0 saturated carbocycles. The lowest BCUT2D eigenvalue weighted by Crippen LogP contribution is -2.44. The molecule has 0 aliphatic carbocycles. The number of hydrogen-bond acceptors (Lipinski definition) is 4. The summed E-state index contributed by atoms with van der Waals surface area (Å²) in [5, 5.41) is 3.40. The van der Waals surface area contributed by atoms with Crippen LogP contribution in [0.3, 0.4) is 0 Å². The van der Waals surface area contributed by atoms with E-state index in [1.807, 2.05) is 13.0 Å². The predicted octanol–water partition coefficient (Wildman–Crippen LogP) is 7.39. The molecule has 0 aromatic carbocycles. The van der Waals surface area contributed by atoms with Crippen molar-refractivity contribution in [3.63, 3.8) is 0 Å². The molecule has 2 rings (SSSR count). The van der Waals surface area contributed by atoms with E-state index in [-0.39, 0.29) is 41.0 Å². The van der Waals surface area contributed by atoms with Gasteiger partial charge < -0.3 is 19.4 Å². The first-order chi connectivity index (χ1) is 17.8. The van der Waals surface area contributed by atoms with Crippen molar-refractivity contribution in [2.45, 2.75) is 117 Å². The predicted molar refractivity (Wildman–Crippen MR) is 160 cm³/mol. The molecule has 2 aliphatic heterocycles. The lowest BCUT2D eigenvalue weighted by atomic mass is 9.93. The number of nitrogens with zero attached hydrogens (tertiary/aromatic N) is 1. The summed E-state index contributed by atoms with van der Waals surface area (Å²) in [6.07, 6.45) is 17.5. The molecule has 4 atom stereocenters. The van der Waals surface area contributed by atoms with E-state index in [1.165, 1.54) is 12.8 Å². The molecule has 1 fully saturated rings. The Bertz CT molecular complexity index is 858. The maximum Gasteiger partial charge on any atom is 0.409 e. The van der Waals surface area contributed by atoms with Gasteiger partial charge in [0.1, 0.15) is 0 Å². The molecule has 7 heteroatoms. The summed E-state index contributed by atoms with van der Waals surface area (Å²) in [5.41, 5.74) is 1.12. The van der Waals surface area contributed by atoms with Crippen LogP contribution in [0.4, 0.5) is 4.79 Å². The van der Waals surface area contributed by atoms with Gasteiger partial charge >= 0.3 is 6.09 Å². The van der Waals surface area contributed by atoms with E-state index in [2.05, 4.69) is 77.3 Å². The highest BCUT2D eigenvalue weighted by Gasteiger charge is 2.41. The average molecular weight is 547 g/mol. The third-order valence-corrected chi connectivity index (χ3v) is 12.8. The Labute approximate surface area is 233 Å². The molecule has 38 heavy (non-hydrogen) atoms. The van der Waals surface area contributed by atoms with Crippen LogP contribution in [0.2, 0.25) is 18.1 Å². The smallest absolute Gasteiger partial charge is 0.409 e. The monoisotopic (exact) mass is 546 g/mol. The van der Waals surface area contributed by atoms with Crippen LogP contribution in [0.15, 0.2) is 36.0 Å². The minimum Gasteiger partial charge on any atom is -0.449 e. The van der Waals surface area contributed by atoms with E-state index < -0.39 is 8.32 Å². The Hall–Kier alpha value is -1.86. The van der Waals surface area contributed by atoms with Crippen LogP contribution in [0.1, 0.15) is 86.5 Å². The van der Waals surface area contributed by atoms with Gasteiger partial charge in [-0.1, -0.05) is 83.4 Å². The first-order valence-corrected chi connectivity index (χ1v) is 17.6. The zero-order valence-electron chi connectivity index (χ0n) is 25.3. The van der Waals surface area contributed by atoms with Crippen molar-refractivity contribution in [3.8, 4) is 0 Å². The number of allylic oxidation sites excluding steroid dienone is 3. The SMILES string of the molecule is C/C(=C\C=C\[C@@H](C)COC(=O)N1CCC(O[Si](C)(C)C(C)(C)C)C1)[C@H]1NC(=O)CCCCCC/C=C/[C@@H]1C. The standard InChI is InChI=1S/C31H54N2O4Si/c1-24(23-36-30(35)33-21-20-27(22-33)37-38(7,8)31(4,5)6)16-15-18-26(3)29-25(2)17-13-11-9-10-12-14-19-28(34)32-29/h13,15-18,24-25,27,29H,9-12,14,19-23H2,1-8H3,(H,32,34)/b16-15+,17-13+,26-18+/t24-,25+,27?,29+/m1/s1. The summed E-state index contributed by atoms with van der Waals surface area (Å²) < 4.78 is 12.1. The average Bonchev–Trinajstić information content (AvgIpc) is 3.28. The molecule has 1 unspecified atom stereocenters. The highest BCUT2D eigenvalue weighted by Crippen LogP contribution is 2.38. The summed E-state index contributed by atoms with van der Waals surface area (Å²) in [7, 11) is -1.85. The fourth-order valence-corrected chi connectivity index (χ4v) is 6.04. The number of carbonyl (C=O) groups is 2. The Kier molecular flexibility index (Phi) is 12.8. The van der Waals surface area contributed by atoms with Gasteiger partial charge in [-0.15, -0.1) is 0 Å². The fourth-order valence-electron chi connectivity index (χ4n) is 4.66. The van der Waals surface area contributed by atoms with E-state index in [0.717, 1.165) is 31.3 Å². The van der Waals surface area contributed by atoms with Crippen molar-refractivity contribution < 1.29 is 18.8 Å². The molecule has 2 aliphatic rings. The largest absolute Gasteiger partial charge is 0.449 e. The maximum absolute atomic E-state index is 12.6. The van der Waals surface area contributed by atoms with Gasteiger partial charge in [0.2, 0.25) is 5.91 Å². The lowest BCUT2D eigenvalue weighted by molar-refractivity contribution is -0.121. The zero-order chi connectivity index (χ0) is 28.3. The highest BCUT2D eigenvalue weighted by molar-refractivity contribution is 6.74. The van der Waals surface area contributed by atoms with E-state index in [9.17, 15) is 9.59 Å². The van der Waals surface area contributed by atoms with E-state index >= 15 is 0 Å². The molecule has 216 valence electrons. The van der Waals surface area contributed by atoms with Gasteiger partial charge in [0.05, 0.1) is 18.8 Å². The molecule has 2 amide bonds. The van der Waals surface area contributed by atoms with Gasteiger partial charge in [0, 0.05) is 25.4 Å². The van der Waals surface area contributed by atoms with Gasteiger partial charge in [-0.05, 0) is 56.7 Å². The molecule has 0 radical (unpaired) electrons. The van der Waals surface area contributed by atoms with Crippen LogP contribution >= 0.6 is 0 Å². The van der Waals surface area contributed by atoms with Gasteiger partial charge in [-0.3, -0.25) is 4.79 Å². The summed E-state index contributed by atoms with van der Waals surface area (Å²) in [6, 6.07) is -0.0207. The van der Waals surface area contributed by atoms with Crippen molar-refractivity contribution in [3.05, 3.63) is 36.0 Å². The van der Waals surface area contributed by atoms with Crippen LogP contribution in [0.5, 0.6) is 0 Å². The molecule has 6 nitrogen and oxygen atoms in total. The van der Waals surface area contributed by atoms with Crippen LogP contribution in [-0.2, 0) is 14.0 Å². The van der Waals surface area contributed by atoms with E-state index in [0.29, 0.717) is 26.1 Å². The Balaban J connectivity index is 1.85. The topological polar surface area (TPSA) is 67.9 Å². The second-order valence-electron chi connectivity index (χ2n) is 12.9. The third-order valence-electron chi connectivity index (χ3n) is 8.24.